The number of nitrogens with zero attached hydrogens (tertiary/aromatic N) is 1. The molecule has 0 N–H and O–H groups in total. The van der Waals surface area contributed by atoms with Crippen molar-refractivity contribution >= 4 is 33.7 Å². The molecule has 1 heterocycles. The van der Waals surface area contributed by atoms with Gasteiger partial charge in [0, 0.05) is 0 Å². The fourth-order valence-electron chi connectivity index (χ4n) is 0.450. The zero-order valence-electron chi connectivity index (χ0n) is 4.56. The molecule has 1 aromatic heterocycles. The van der Waals surface area contributed by atoms with Crippen LogP contribution in [0.25, 0.3) is 0 Å². The maximum absolute atomic E-state index is 5.55. The second kappa shape index (κ2) is 2.55. The Morgan fingerprint density at radius 2 is 2.25 bits per heavy atom. The van der Waals surface area contributed by atoms with Gasteiger partial charge in [0.2, 0.25) is 0 Å². The number of hydrogen-bond acceptors (Lipinski definition) is 1. The molecule has 0 radical (unpaired) electrons. The first-order chi connectivity index (χ1) is 3.79. The molecular weight excluding hydrogens is 116 g/mol. The first-order valence-corrected chi connectivity index (χ1v) is 2.75. The van der Waals surface area contributed by atoms with Gasteiger partial charge in [0.05, 0.1) is 0 Å². The monoisotopic (exact) mass is 119 g/mol. The van der Waals surface area contributed by atoms with Crippen LogP contribution in [0.3, 0.4) is 0 Å². The van der Waals surface area contributed by atoms with Gasteiger partial charge in [-0.05, 0) is 0 Å². The first-order valence-electron chi connectivity index (χ1n) is 2.37. The quantitative estimate of drug-likeness (QED) is 0.454. The summed E-state index contributed by atoms with van der Waals surface area (Å²) in [4.78, 5) is 3.95. The number of pyridine rings is 1. The standard InChI is InChI=1S/C5H3ClN.Li/c6-5-2-1-3-7-4-5;/h1-2,4H;. The molecule has 0 aliphatic carbocycles. The van der Waals surface area contributed by atoms with Crippen molar-refractivity contribution in [3.63, 3.8) is 0 Å². The van der Waals surface area contributed by atoms with Gasteiger partial charge in [0.15, 0.2) is 0 Å². The van der Waals surface area contributed by atoms with Crippen LogP contribution >= 0.6 is 11.6 Å². The zero-order chi connectivity index (χ0) is 5.98. The van der Waals surface area contributed by atoms with E-state index in [9.17, 15) is 0 Å². The molecule has 36 valence electrons. The molecule has 8 heavy (non-hydrogen) atoms. The van der Waals surface area contributed by atoms with E-state index in [2.05, 4.69) is 4.98 Å². The van der Waals surface area contributed by atoms with Gasteiger partial charge in [-0.3, -0.25) is 0 Å². The van der Waals surface area contributed by atoms with Gasteiger partial charge in [-0.1, -0.05) is 0 Å². The van der Waals surface area contributed by atoms with Crippen LogP contribution in [0.15, 0.2) is 18.3 Å². The zero-order valence-corrected chi connectivity index (χ0v) is 5.31. The van der Waals surface area contributed by atoms with Crippen LogP contribution in [0.1, 0.15) is 0 Å². The van der Waals surface area contributed by atoms with E-state index >= 15 is 0 Å². The molecule has 0 aliphatic heterocycles. The summed E-state index contributed by atoms with van der Waals surface area (Å²) in [6, 6.07) is 3.70. The Kier molecular flexibility index (Phi) is 1.96. The summed E-state index contributed by atoms with van der Waals surface area (Å²) in [7, 11) is 0. The molecule has 0 saturated carbocycles. The fraction of sp³-hybridized carbons (Fsp3) is 0. The van der Waals surface area contributed by atoms with Crippen LogP contribution in [0, 0.1) is 0 Å². The van der Waals surface area contributed by atoms with Crippen molar-refractivity contribution in [1.82, 2.24) is 4.98 Å². The van der Waals surface area contributed by atoms with Gasteiger partial charge in [-0.25, -0.2) is 0 Å². The van der Waals surface area contributed by atoms with E-state index in [4.69, 9.17) is 11.6 Å². The summed E-state index contributed by atoms with van der Waals surface area (Å²) in [6.45, 7) is 0. The van der Waals surface area contributed by atoms with Crippen LogP contribution in [0.5, 0.6) is 0 Å². The SMILES string of the molecule is [Li][c]1ccc(Cl)cn1. The van der Waals surface area contributed by atoms with Crippen LogP contribution in [0.2, 0.25) is 5.02 Å². The molecule has 0 bridgehead atoms. The Morgan fingerprint density at radius 1 is 1.50 bits per heavy atom. The average molecular weight is 119 g/mol. The molecule has 3 heteroatoms. The van der Waals surface area contributed by atoms with Crippen molar-refractivity contribution in [3.8, 4) is 0 Å². The first kappa shape index (κ1) is 6.16. The molecule has 0 unspecified atom stereocenters. The number of rotatable bonds is 0. The van der Waals surface area contributed by atoms with E-state index in [0.717, 1.165) is 4.37 Å². The van der Waals surface area contributed by atoms with Crippen molar-refractivity contribution in [1.29, 1.82) is 0 Å². The molecule has 0 fully saturated rings. The minimum atomic E-state index is 0.690. The van der Waals surface area contributed by atoms with Crippen LogP contribution in [-0.2, 0) is 0 Å². The van der Waals surface area contributed by atoms with E-state index in [-0.39, 0.29) is 0 Å². The maximum atomic E-state index is 5.55. The summed E-state index contributed by atoms with van der Waals surface area (Å²) in [5, 5.41) is 0.690. The van der Waals surface area contributed by atoms with Crippen LogP contribution in [-0.4, -0.2) is 22.7 Å². The normalized spacial score (nSPS) is 9.38. The van der Waals surface area contributed by atoms with Gasteiger partial charge < -0.3 is 0 Å². The average Bonchev–Trinajstić information content (AvgIpc) is 1.77. The third-order valence-electron chi connectivity index (χ3n) is 0.875. The van der Waals surface area contributed by atoms with Crippen molar-refractivity contribution in [2.45, 2.75) is 0 Å². The summed E-state index contributed by atoms with van der Waals surface area (Å²) in [5.74, 6) is 0. The summed E-state index contributed by atoms with van der Waals surface area (Å²) >= 11 is 7.48. The molecule has 1 nitrogen and oxygen atoms in total. The van der Waals surface area contributed by atoms with Crippen molar-refractivity contribution in [3.05, 3.63) is 23.4 Å². The topological polar surface area (TPSA) is 12.9 Å². The van der Waals surface area contributed by atoms with Gasteiger partial charge in [-0.15, -0.1) is 0 Å². The Labute approximate surface area is 62.3 Å². The third-order valence-corrected chi connectivity index (χ3v) is 1.10. The number of aromatic nitrogens is 1. The summed E-state index contributed by atoms with van der Waals surface area (Å²) < 4.78 is 0.995. The van der Waals surface area contributed by atoms with Crippen LogP contribution in [0.4, 0.5) is 0 Å². The van der Waals surface area contributed by atoms with Gasteiger partial charge in [0.25, 0.3) is 0 Å². The van der Waals surface area contributed by atoms with Crippen LogP contribution < -0.4 is 4.37 Å². The molecule has 1 rings (SSSR count). The van der Waals surface area contributed by atoms with Crippen molar-refractivity contribution in [2.75, 3.05) is 0 Å². The Balaban J connectivity index is 3.03. The minimum absolute atomic E-state index is 0.690. The Bertz CT molecular complexity index is 151. The molecule has 0 aliphatic rings. The van der Waals surface area contributed by atoms with Gasteiger partial charge >= 0.3 is 62.0 Å². The molecule has 0 saturated heterocycles. The Hall–Kier alpha value is 0.0374. The third kappa shape index (κ3) is 1.52. The predicted octanol–water partition coefficient (Wildman–Crippen LogP) is 0.529. The molecule has 0 atom stereocenters. The second-order valence-corrected chi connectivity index (χ2v) is 2.05. The van der Waals surface area contributed by atoms with E-state index in [1.807, 2.05) is 29.8 Å². The fourth-order valence-corrected chi connectivity index (χ4v) is 0.562. The second-order valence-electron chi connectivity index (χ2n) is 1.62. The number of hydrogen-bond donors (Lipinski definition) is 0. The number of halogens is 1. The van der Waals surface area contributed by atoms with E-state index in [1.165, 1.54) is 0 Å². The van der Waals surface area contributed by atoms with E-state index in [0.29, 0.717) is 5.02 Å². The molecule has 0 spiro atoms. The molecule has 0 amide bonds. The van der Waals surface area contributed by atoms with Gasteiger partial charge in [-0.2, -0.15) is 0 Å². The summed E-state index contributed by atoms with van der Waals surface area (Å²) in [6.07, 6.45) is 1.64. The summed E-state index contributed by atoms with van der Waals surface area (Å²) in [5.41, 5.74) is 0. The van der Waals surface area contributed by atoms with E-state index < -0.39 is 0 Å². The predicted molar refractivity (Wildman–Crippen MR) is 34.6 cm³/mol. The van der Waals surface area contributed by atoms with Crippen molar-refractivity contribution < 1.29 is 0 Å². The Morgan fingerprint density at radius 3 is 2.62 bits per heavy atom. The molecular formula is C5H3ClLiN. The van der Waals surface area contributed by atoms with Gasteiger partial charge in [0.1, 0.15) is 0 Å². The van der Waals surface area contributed by atoms with Crippen molar-refractivity contribution in [2.24, 2.45) is 0 Å². The molecule has 0 aromatic carbocycles. The molecule has 1 aromatic rings. The van der Waals surface area contributed by atoms with E-state index in [1.54, 1.807) is 6.20 Å².